The Morgan fingerprint density at radius 3 is 2.54 bits per heavy atom. The van der Waals surface area contributed by atoms with Crippen LogP contribution in [-0.2, 0) is 9.84 Å². The minimum atomic E-state index is -3.12. The van der Waals surface area contributed by atoms with E-state index in [1.807, 2.05) is 11.8 Å². The Hall–Kier alpha value is -3.63. The number of nitriles is 1. The molecule has 1 aliphatic heterocycles. The normalized spacial score (nSPS) is 15.3. The number of fused-ring (bicyclic) bond motifs is 1. The van der Waals surface area contributed by atoms with Crippen molar-refractivity contribution in [3.05, 3.63) is 58.0 Å². The second-order valence-corrected chi connectivity index (χ2v) is 13.3. The van der Waals surface area contributed by atoms with Crippen molar-refractivity contribution in [1.29, 1.82) is 5.26 Å². The van der Waals surface area contributed by atoms with Gasteiger partial charge in [-0.3, -0.25) is 10.1 Å². The summed E-state index contributed by atoms with van der Waals surface area (Å²) in [6.07, 6.45) is 5.66. The van der Waals surface area contributed by atoms with Crippen molar-refractivity contribution in [1.82, 2.24) is 20.2 Å². The molecule has 4 aromatic rings. The van der Waals surface area contributed by atoms with Gasteiger partial charge in [0.05, 0.1) is 39.5 Å². The molecule has 41 heavy (non-hydrogen) atoms. The van der Waals surface area contributed by atoms with E-state index in [9.17, 15) is 13.7 Å². The van der Waals surface area contributed by atoms with Gasteiger partial charge >= 0.3 is 0 Å². The fraction of sp³-hybridized carbons (Fsp3) is 0.333. The molecule has 0 unspecified atom stereocenters. The van der Waals surface area contributed by atoms with E-state index >= 15 is 0 Å². The Labute approximate surface area is 247 Å². The standard InChI is InChI=1S/C27H27Cl2N7O4S/c1-15(24-19(28)11-32-12-20(24)29)40-23-7-18-21(8-22(23)39-2)34-35-25(18)17-6-16(9-30)26(33-10-17)36-13-27(31,14-36)4-5-41(3,37)38/h6-8,10-12,15H,4-5,13-14,31H2,1-3H3,(H,34,35)/t15-/m1/s1. The van der Waals surface area contributed by atoms with Gasteiger partial charge in [0.2, 0.25) is 0 Å². The molecule has 1 fully saturated rings. The minimum Gasteiger partial charge on any atom is -0.493 e. The minimum absolute atomic E-state index is 0.0128. The first kappa shape index (κ1) is 28.9. The van der Waals surface area contributed by atoms with E-state index < -0.39 is 21.5 Å². The molecule has 0 saturated carbocycles. The van der Waals surface area contributed by atoms with Crippen LogP contribution in [0.1, 0.15) is 30.6 Å². The predicted octanol–water partition coefficient (Wildman–Crippen LogP) is 4.30. The fourth-order valence-electron chi connectivity index (χ4n) is 4.89. The number of H-pyrrole nitrogens is 1. The summed E-state index contributed by atoms with van der Waals surface area (Å²) in [7, 11) is -1.58. The summed E-state index contributed by atoms with van der Waals surface area (Å²) in [5.41, 5.74) is 8.54. The van der Waals surface area contributed by atoms with Crippen LogP contribution in [0.3, 0.4) is 0 Å². The van der Waals surface area contributed by atoms with Crippen LogP contribution in [0, 0.1) is 11.3 Å². The summed E-state index contributed by atoms with van der Waals surface area (Å²) < 4.78 is 34.9. The molecule has 0 amide bonds. The Balaban J connectivity index is 1.43. The molecule has 0 bridgehead atoms. The number of nitrogens with two attached hydrogens (primary N) is 1. The van der Waals surface area contributed by atoms with E-state index in [0.717, 1.165) is 5.39 Å². The quantitative estimate of drug-likeness (QED) is 0.278. The zero-order valence-corrected chi connectivity index (χ0v) is 24.8. The maximum atomic E-state index is 11.6. The van der Waals surface area contributed by atoms with Crippen LogP contribution in [0.5, 0.6) is 11.5 Å². The van der Waals surface area contributed by atoms with Crippen molar-refractivity contribution in [3.8, 4) is 28.8 Å². The maximum absolute atomic E-state index is 11.6. The third-order valence-electron chi connectivity index (χ3n) is 6.99. The number of anilines is 1. The van der Waals surface area contributed by atoms with E-state index in [-0.39, 0.29) is 5.75 Å². The van der Waals surface area contributed by atoms with Crippen LogP contribution in [0.25, 0.3) is 22.2 Å². The third-order valence-corrected chi connectivity index (χ3v) is 8.54. The van der Waals surface area contributed by atoms with E-state index in [4.69, 9.17) is 38.4 Å². The second kappa shape index (κ2) is 11.0. The van der Waals surface area contributed by atoms with Crippen molar-refractivity contribution in [2.45, 2.75) is 25.0 Å². The number of hydrogen-bond donors (Lipinski definition) is 2. The molecular formula is C27H27Cl2N7O4S. The van der Waals surface area contributed by atoms with Gasteiger partial charge in [0.1, 0.15) is 33.5 Å². The average Bonchev–Trinajstić information content (AvgIpc) is 3.31. The zero-order valence-electron chi connectivity index (χ0n) is 22.5. The molecule has 5 rings (SSSR count). The van der Waals surface area contributed by atoms with Crippen LogP contribution in [-0.4, -0.2) is 66.3 Å². The van der Waals surface area contributed by atoms with Crippen molar-refractivity contribution >= 4 is 49.8 Å². The number of pyridine rings is 2. The maximum Gasteiger partial charge on any atom is 0.162 e. The Morgan fingerprint density at radius 1 is 1.20 bits per heavy atom. The molecule has 1 atom stereocenters. The molecule has 4 heterocycles. The van der Waals surface area contributed by atoms with Gasteiger partial charge in [-0.1, -0.05) is 23.2 Å². The number of benzene rings is 1. The van der Waals surface area contributed by atoms with Crippen molar-refractivity contribution in [2.75, 3.05) is 37.1 Å². The summed E-state index contributed by atoms with van der Waals surface area (Å²) in [5.74, 6) is 1.42. The first-order valence-electron chi connectivity index (χ1n) is 12.5. The predicted molar refractivity (Wildman–Crippen MR) is 157 cm³/mol. The molecule has 3 N–H and O–H groups in total. The summed E-state index contributed by atoms with van der Waals surface area (Å²) in [4.78, 5) is 10.4. The number of nitrogens with one attached hydrogen (secondary N) is 1. The van der Waals surface area contributed by atoms with Gasteiger partial charge < -0.3 is 20.1 Å². The highest BCUT2D eigenvalue weighted by Gasteiger charge is 2.41. The number of aromatic amines is 1. The monoisotopic (exact) mass is 615 g/mol. The van der Waals surface area contributed by atoms with Crippen LogP contribution in [0.2, 0.25) is 10.0 Å². The summed E-state index contributed by atoms with van der Waals surface area (Å²) in [6.45, 7) is 2.62. The van der Waals surface area contributed by atoms with E-state index in [1.54, 1.807) is 24.4 Å². The molecule has 1 saturated heterocycles. The van der Waals surface area contributed by atoms with Crippen LogP contribution < -0.4 is 20.1 Å². The van der Waals surface area contributed by atoms with Gasteiger partial charge in [-0.05, 0) is 25.5 Å². The first-order chi connectivity index (χ1) is 19.4. The van der Waals surface area contributed by atoms with Gasteiger partial charge in [0.25, 0.3) is 0 Å². The van der Waals surface area contributed by atoms with Crippen molar-refractivity contribution in [3.63, 3.8) is 0 Å². The Morgan fingerprint density at radius 2 is 1.90 bits per heavy atom. The lowest BCUT2D eigenvalue weighted by molar-refractivity contribution is 0.216. The number of methoxy groups -OCH3 is 1. The molecule has 0 spiro atoms. The molecule has 214 valence electrons. The van der Waals surface area contributed by atoms with E-state index in [2.05, 4.69) is 26.2 Å². The van der Waals surface area contributed by atoms with Gasteiger partial charge in [0.15, 0.2) is 11.5 Å². The SMILES string of the molecule is COc1cc2[nH]nc(-c3cnc(N4CC(N)(CCS(C)(=O)=O)C4)c(C#N)c3)c2cc1O[C@H](C)c1c(Cl)cncc1Cl. The van der Waals surface area contributed by atoms with Gasteiger partial charge in [-0.15, -0.1) is 0 Å². The lowest BCUT2D eigenvalue weighted by Gasteiger charge is -2.48. The highest BCUT2D eigenvalue weighted by molar-refractivity contribution is 7.90. The van der Waals surface area contributed by atoms with Gasteiger partial charge in [-0.2, -0.15) is 10.4 Å². The average molecular weight is 617 g/mol. The summed E-state index contributed by atoms with van der Waals surface area (Å²) >= 11 is 12.7. The number of aromatic nitrogens is 4. The molecular weight excluding hydrogens is 589 g/mol. The first-order valence-corrected chi connectivity index (χ1v) is 15.4. The highest BCUT2D eigenvalue weighted by Crippen LogP contribution is 2.40. The molecule has 1 aromatic carbocycles. The number of hydrogen-bond acceptors (Lipinski definition) is 10. The topological polar surface area (TPSA) is 160 Å². The van der Waals surface area contributed by atoms with Gasteiger partial charge in [0, 0.05) is 60.5 Å². The van der Waals surface area contributed by atoms with E-state index in [0.29, 0.717) is 74.8 Å². The molecule has 0 radical (unpaired) electrons. The fourth-order valence-corrected chi connectivity index (χ4v) is 6.34. The second-order valence-electron chi connectivity index (χ2n) is 10.2. The van der Waals surface area contributed by atoms with E-state index in [1.165, 1.54) is 25.8 Å². The molecule has 14 heteroatoms. The van der Waals surface area contributed by atoms with Crippen LogP contribution >= 0.6 is 23.2 Å². The smallest absolute Gasteiger partial charge is 0.162 e. The highest BCUT2D eigenvalue weighted by atomic mass is 35.5. The summed E-state index contributed by atoms with van der Waals surface area (Å²) in [6, 6.07) is 7.50. The number of sulfone groups is 1. The molecule has 3 aromatic heterocycles. The molecule has 0 aliphatic carbocycles. The molecule has 11 nitrogen and oxygen atoms in total. The number of nitrogens with zero attached hydrogens (tertiary/aromatic N) is 5. The summed E-state index contributed by atoms with van der Waals surface area (Å²) in [5, 5.41) is 18.9. The number of ether oxygens (including phenoxy) is 2. The van der Waals surface area contributed by atoms with Crippen molar-refractivity contribution < 1.29 is 17.9 Å². The number of halogens is 2. The van der Waals surface area contributed by atoms with Crippen LogP contribution in [0.4, 0.5) is 5.82 Å². The zero-order chi connectivity index (χ0) is 29.5. The Kier molecular flexibility index (Phi) is 7.74. The lowest BCUT2D eigenvalue weighted by atomic mass is 9.88. The third kappa shape index (κ3) is 5.90. The Bertz CT molecular complexity index is 1760. The van der Waals surface area contributed by atoms with Crippen LogP contribution in [0.15, 0.2) is 36.8 Å². The van der Waals surface area contributed by atoms with Gasteiger partial charge in [-0.25, -0.2) is 13.4 Å². The molecule has 1 aliphatic rings. The lowest BCUT2D eigenvalue weighted by Crippen LogP contribution is -2.68. The largest absolute Gasteiger partial charge is 0.493 e. The number of rotatable bonds is 9. The van der Waals surface area contributed by atoms with Crippen molar-refractivity contribution in [2.24, 2.45) is 5.73 Å².